The van der Waals surface area contributed by atoms with Crippen LogP contribution in [0.15, 0.2) is 6.20 Å². The zero-order valence-electron chi connectivity index (χ0n) is 9.62. The highest BCUT2D eigenvalue weighted by Crippen LogP contribution is 2.34. The maximum atomic E-state index is 5.36. The second-order valence-electron chi connectivity index (χ2n) is 4.59. The molecule has 3 heteroatoms. The van der Waals surface area contributed by atoms with Crippen molar-refractivity contribution in [3.63, 3.8) is 0 Å². The van der Waals surface area contributed by atoms with Crippen LogP contribution in [0.2, 0.25) is 0 Å². The number of hydrogen-bond acceptors (Lipinski definition) is 1. The van der Waals surface area contributed by atoms with Crippen molar-refractivity contribution in [2.45, 2.75) is 52.0 Å². The maximum Gasteiger partial charge on any atom is 0.177 e. The van der Waals surface area contributed by atoms with Crippen LogP contribution >= 0.6 is 12.2 Å². The molecule has 0 radical (unpaired) electrons. The van der Waals surface area contributed by atoms with Crippen LogP contribution in [0.1, 0.15) is 51.3 Å². The van der Waals surface area contributed by atoms with E-state index in [1.54, 1.807) is 0 Å². The Morgan fingerprint density at radius 1 is 1.53 bits per heavy atom. The van der Waals surface area contributed by atoms with Gasteiger partial charge in [0, 0.05) is 17.9 Å². The number of aryl methyl sites for hydroxylation is 1. The molecule has 1 unspecified atom stereocenters. The highest BCUT2D eigenvalue weighted by molar-refractivity contribution is 7.71. The van der Waals surface area contributed by atoms with Crippen LogP contribution in [-0.4, -0.2) is 9.55 Å². The van der Waals surface area contributed by atoms with E-state index in [4.69, 9.17) is 12.2 Å². The molecule has 84 valence electrons. The fourth-order valence-corrected chi connectivity index (χ4v) is 3.13. The number of nitrogens with zero attached hydrogens (tertiary/aromatic N) is 1. The van der Waals surface area contributed by atoms with Gasteiger partial charge < -0.3 is 9.55 Å². The van der Waals surface area contributed by atoms with E-state index in [9.17, 15) is 0 Å². The Morgan fingerprint density at radius 3 is 2.80 bits per heavy atom. The molecule has 0 bridgehead atoms. The van der Waals surface area contributed by atoms with Gasteiger partial charge in [0.25, 0.3) is 0 Å². The van der Waals surface area contributed by atoms with Gasteiger partial charge >= 0.3 is 0 Å². The van der Waals surface area contributed by atoms with Gasteiger partial charge in [0.05, 0.1) is 0 Å². The molecule has 2 nitrogen and oxygen atoms in total. The molecule has 2 rings (SSSR count). The number of H-pyrrole nitrogens is 1. The van der Waals surface area contributed by atoms with Crippen molar-refractivity contribution in [3.8, 4) is 0 Å². The van der Waals surface area contributed by atoms with Crippen molar-refractivity contribution in [2.75, 3.05) is 0 Å². The lowest BCUT2D eigenvalue weighted by Crippen LogP contribution is -2.16. The van der Waals surface area contributed by atoms with E-state index >= 15 is 0 Å². The van der Waals surface area contributed by atoms with Gasteiger partial charge in [-0.15, -0.1) is 0 Å². The van der Waals surface area contributed by atoms with E-state index in [0.29, 0.717) is 6.04 Å². The van der Waals surface area contributed by atoms with Crippen LogP contribution in [0.3, 0.4) is 0 Å². The fourth-order valence-electron chi connectivity index (χ4n) is 2.78. The monoisotopic (exact) mass is 224 g/mol. The van der Waals surface area contributed by atoms with Gasteiger partial charge in [-0.25, -0.2) is 0 Å². The summed E-state index contributed by atoms with van der Waals surface area (Å²) in [7, 11) is 0. The molecule has 1 aliphatic rings. The van der Waals surface area contributed by atoms with Gasteiger partial charge in [-0.05, 0) is 44.3 Å². The number of rotatable bonds is 3. The minimum Gasteiger partial charge on any atom is -0.337 e. The first-order valence-corrected chi connectivity index (χ1v) is 6.43. The van der Waals surface area contributed by atoms with Crippen LogP contribution in [-0.2, 0) is 6.42 Å². The molecular formula is C12H20N2S. The highest BCUT2D eigenvalue weighted by Gasteiger charge is 2.24. The van der Waals surface area contributed by atoms with Crippen molar-refractivity contribution in [1.29, 1.82) is 0 Å². The highest BCUT2D eigenvalue weighted by atomic mass is 32.1. The third kappa shape index (κ3) is 2.03. The molecule has 0 amide bonds. The van der Waals surface area contributed by atoms with Crippen LogP contribution in [0.5, 0.6) is 0 Å². The van der Waals surface area contributed by atoms with Gasteiger partial charge in [-0.2, -0.15) is 0 Å². The molecule has 1 heterocycles. The number of aromatic amines is 1. The largest absolute Gasteiger partial charge is 0.337 e. The molecule has 0 spiro atoms. The minimum absolute atomic E-state index is 0.571. The Bertz CT molecular complexity index is 371. The molecule has 1 aromatic heterocycles. The van der Waals surface area contributed by atoms with Crippen molar-refractivity contribution >= 4 is 12.2 Å². The summed E-state index contributed by atoms with van der Waals surface area (Å²) in [5.74, 6) is 0.831. The van der Waals surface area contributed by atoms with E-state index in [0.717, 1.165) is 17.1 Å². The topological polar surface area (TPSA) is 20.7 Å². The number of hydrogen-bond donors (Lipinski definition) is 1. The van der Waals surface area contributed by atoms with E-state index in [2.05, 4.69) is 29.6 Å². The van der Waals surface area contributed by atoms with Crippen molar-refractivity contribution < 1.29 is 0 Å². The van der Waals surface area contributed by atoms with E-state index in [1.165, 1.54) is 31.4 Å². The number of imidazole rings is 1. The minimum atomic E-state index is 0.571. The third-order valence-electron chi connectivity index (χ3n) is 3.74. The Balaban J connectivity index is 2.26. The summed E-state index contributed by atoms with van der Waals surface area (Å²) in [5, 5.41) is 0. The Morgan fingerprint density at radius 2 is 2.20 bits per heavy atom. The van der Waals surface area contributed by atoms with Crippen molar-refractivity contribution in [2.24, 2.45) is 5.92 Å². The van der Waals surface area contributed by atoms with E-state index < -0.39 is 0 Å². The molecule has 1 atom stereocenters. The summed E-state index contributed by atoms with van der Waals surface area (Å²) in [6, 6.07) is 0.571. The fraction of sp³-hybridized carbons (Fsp3) is 0.750. The summed E-state index contributed by atoms with van der Waals surface area (Å²) >= 11 is 5.36. The van der Waals surface area contributed by atoms with E-state index in [1.807, 2.05) is 0 Å². The van der Waals surface area contributed by atoms with Gasteiger partial charge in [0.15, 0.2) is 4.77 Å². The van der Waals surface area contributed by atoms with Crippen molar-refractivity contribution in [1.82, 2.24) is 9.55 Å². The average Bonchev–Trinajstić information content (AvgIpc) is 2.85. The molecule has 1 fully saturated rings. The number of aromatic nitrogens is 2. The Kier molecular flexibility index (Phi) is 3.29. The summed E-state index contributed by atoms with van der Waals surface area (Å²) in [6.07, 6.45) is 8.66. The molecule has 1 aliphatic carbocycles. The van der Waals surface area contributed by atoms with E-state index in [-0.39, 0.29) is 0 Å². The second-order valence-corrected chi connectivity index (χ2v) is 4.98. The molecule has 0 saturated heterocycles. The lowest BCUT2D eigenvalue weighted by Gasteiger charge is -2.22. The normalized spacial score (nSPS) is 19.6. The maximum absolute atomic E-state index is 5.36. The van der Waals surface area contributed by atoms with Gasteiger partial charge in [-0.1, -0.05) is 19.8 Å². The van der Waals surface area contributed by atoms with Crippen LogP contribution in [0, 0.1) is 10.7 Å². The standard InChI is InChI=1S/C12H20N2S/c1-3-11-8-13-12(15)14(11)9(2)10-6-4-5-7-10/h8-10H,3-7H2,1-2H3,(H,13,15). The quantitative estimate of drug-likeness (QED) is 0.773. The zero-order chi connectivity index (χ0) is 10.8. The zero-order valence-corrected chi connectivity index (χ0v) is 10.4. The summed E-state index contributed by atoms with van der Waals surface area (Å²) in [6.45, 7) is 4.51. The Hall–Kier alpha value is -0.570. The molecule has 1 aromatic rings. The lowest BCUT2D eigenvalue weighted by molar-refractivity contribution is 0.351. The molecular weight excluding hydrogens is 204 g/mol. The molecule has 15 heavy (non-hydrogen) atoms. The average molecular weight is 224 g/mol. The molecule has 0 aromatic carbocycles. The first-order chi connectivity index (χ1) is 7.24. The summed E-state index contributed by atoms with van der Waals surface area (Å²) in [4.78, 5) is 3.17. The smallest absolute Gasteiger partial charge is 0.177 e. The summed E-state index contributed by atoms with van der Waals surface area (Å²) < 4.78 is 3.22. The lowest BCUT2D eigenvalue weighted by atomic mass is 9.99. The SMILES string of the molecule is CCc1c[nH]c(=S)n1C(C)C1CCCC1. The first kappa shape index (κ1) is 10.9. The van der Waals surface area contributed by atoms with Crippen LogP contribution < -0.4 is 0 Å². The first-order valence-electron chi connectivity index (χ1n) is 6.02. The summed E-state index contributed by atoms with van der Waals surface area (Å²) in [5.41, 5.74) is 1.35. The van der Waals surface area contributed by atoms with Gasteiger partial charge in [-0.3, -0.25) is 0 Å². The van der Waals surface area contributed by atoms with Gasteiger partial charge in [0.2, 0.25) is 0 Å². The Labute approximate surface area is 96.7 Å². The van der Waals surface area contributed by atoms with Gasteiger partial charge in [0.1, 0.15) is 0 Å². The van der Waals surface area contributed by atoms with Crippen molar-refractivity contribution in [3.05, 3.63) is 16.7 Å². The predicted octanol–water partition coefficient (Wildman–Crippen LogP) is 3.86. The second kappa shape index (κ2) is 4.52. The third-order valence-corrected chi connectivity index (χ3v) is 4.06. The molecule has 1 saturated carbocycles. The molecule has 1 N–H and O–H groups in total. The number of nitrogens with one attached hydrogen (secondary N) is 1. The predicted molar refractivity (Wildman–Crippen MR) is 65.7 cm³/mol. The molecule has 0 aliphatic heterocycles. The van der Waals surface area contributed by atoms with Crippen LogP contribution in [0.25, 0.3) is 0 Å². The van der Waals surface area contributed by atoms with Crippen LogP contribution in [0.4, 0.5) is 0 Å².